The highest BCUT2D eigenvalue weighted by Crippen LogP contribution is 2.30. The molecule has 0 unspecified atom stereocenters. The molecule has 8 heteroatoms. The summed E-state index contributed by atoms with van der Waals surface area (Å²) in [5.41, 5.74) is -1.03. The molecule has 0 bridgehead atoms. The monoisotopic (exact) mass is 276 g/mol. The maximum atomic E-state index is 13.6. The van der Waals surface area contributed by atoms with Crippen LogP contribution in [-0.2, 0) is 4.74 Å². The molecule has 0 aromatic carbocycles. The molecule has 1 fully saturated rings. The second kappa shape index (κ2) is 5.68. The minimum absolute atomic E-state index is 0.150. The number of ether oxygens (including phenoxy) is 2. The van der Waals surface area contributed by atoms with Crippen molar-refractivity contribution < 1.29 is 19.0 Å². The molecule has 6 nitrogen and oxygen atoms in total. The fourth-order valence-electron chi connectivity index (χ4n) is 1.56. The quantitative estimate of drug-likeness (QED) is 0.856. The molecule has 0 saturated carbocycles. The van der Waals surface area contributed by atoms with Crippen LogP contribution in [-0.4, -0.2) is 39.1 Å². The van der Waals surface area contributed by atoms with Gasteiger partial charge in [0, 0.05) is 5.75 Å². The number of nitrogens with zero attached hydrogens (tertiary/aromatic N) is 2. The van der Waals surface area contributed by atoms with E-state index in [0.29, 0.717) is 5.75 Å². The zero-order chi connectivity index (χ0) is 13.1. The van der Waals surface area contributed by atoms with E-state index >= 15 is 0 Å². The first-order chi connectivity index (χ1) is 8.65. The Labute approximate surface area is 107 Å². The van der Waals surface area contributed by atoms with Crippen molar-refractivity contribution in [2.45, 2.75) is 18.6 Å². The van der Waals surface area contributed by atoms with E-state index in [4.69, 9.17) is 14.6 Å². The van der Waals surface area contributed by atoms with Crippen molar-refractivity contribution in [3.8, 4) is 5.88 Å². The summed E-state index contributed by atoms with van der Waals surface area (Å²) in [6, 6.07) is 0. The van der Waals surface area contributed by atoms with Gasteiger partial charge in [-0.15, -0.1) is 11.8 Å². The molecule has 100 valence electrons. The Bertz CT molecular complexity index is 481. The summed E-state index contributed by atoms with van der Waals surface area (Å²) in [4.78, 5) is 15.2. The van der Waals surface area contributed by atoms with E-state index in [2.05, 4.69) is 4.98 Å². The third-order valence-corrected chi connectivity index (χ3v) is 3.46. The van der Waals surface area contributed by atoms with Gasteiger partial charge in [0.15, 0.2) is 0 Å². The van der Waals surface area contributed by atoms with Crippen LogP contribution in [0.4, 0.5) is 4.39 Å². The SMILES string of the molecule is CCOc1nc(=O)n([C@H]2CS[C@@H](CO)O2)cc1F. The lowest BCUT2D eigenvalue weighted by atomic mass is 10.5. The first-order valence-electron chi connectivity index (χ1n) is 5.45. The number of halogens is 1. The molecule has 0 spiro atoms. The van der Waals surface area contributed by atoms with Gasteiger partial charge in [-0.3, -0.25) is 4.57 Å². The summed E-state index contributed by atoms with van der Waals surface area (Å²) in [7, 11) is 0. The number of hydrogen-bond acceptors (Lipinski definition) is 6. The number of rotatable bonds is 4. The molecule has 0 amide bonds. The Morgan fingerprint density at radius 1 is 1.78 bits per heavy atom. The minimum atomic E-state index is -0.711. The maximum Gasteiger partial charge on any atom is 0.353 e. The van der Waals surface area contributed by atoms with Crippen molar-refractivity contribution in [3.05, 3.63) is 22.5 Å². The van der Waals surface area contributed by atoms with Gasteiger partial charge in [-0.1, -0.05) is 0 Å². The average molecular weight is 276 g/mol. The molecule has 2 heterocycles. The zero-order valence-corrected chi connectivity index (χ0v) is 10.5. The van der Waals surface area contributed by atoms with Crippen LogP contribution in [0.5, 0.6) is 5.88 Å². The molecule has 0 aliphatic carbocycles. The fraction of sp³-hybridized carbons (Fsp3) is 0.600. The van der Waals surface area contributed by atoms with Gasteiger partial charge in [0.25, 0.3) is 5.88 Å². The van der Waals surface area contributed by atoms with Gasteiger partial charge in [0.05, 0.1) is 19.4 Å². The molecular weight excluding hydrogens is 263 g/mol. The highest BCUT2D eigenvalue weighted by atomic mass is 32.2. The van der Waals surface area contributed by atoms with E-state index < -0.39 is 23.2 Å². The lowest BCUT2D eigenvalue weighted by Gasteiger charge is -2.14. The van der Waals surface area contributed by atoms with Crippen LogP contribution in [0.15, 0.2) is 11.0 Å². The van der Waals surface area contributed by atoms with Gasteiger partial charge in [0.1, 0.15) is 11.7 Å². The number of hydrogen-bond donors (Lipinski definition) is 1. The average Bonchev–Trinajstić information content (AvgIpc) is 2.82. The Kier molecular flexibility index (Phi) is 4.20. The number of aliphatic hydroxyl groups is 1. The first kappa shape index (κ1) is 13.3. The van der Waals surface area contributed by atoms with Crippen molar-refractivity contribution in [1.82, 2.24) is 9.55 Å². The van der Waals surface area contributed by atoms with Crippen LogP contribution < -0.4 is 10.4 Å². The van der Waals surface area contributed by atoms with Gasteiger partial charge in [-0.25, -0.2) is 4.79 Å². The molecule has 1 saturated heterocycles. The van der Waals surface area contributed by atoms with E-state index in [1.807, 2.05) is 0 Å². The largest absolute Gasteiger partial charge is 0.476 e. The van der Waals surface area contributed by atoms with Crippen molar-refractivity contribution in [2.75, 3.05) is 19.0 Å². The van der Waals surface area contributed by atoms with Crippen molar-refractivity contribution in [3.63, 3.8) is 0 Å². The number of aromatic nitrogens is 2. The first-order valence-corrected chi connectivity index (χ1v) is 6.50. The van der Waals surface area contributed by atoms with E-state index in [9.17, 15) is 9.18 Å². The molecule has 2 rings (SSSR count). The van der Waals surface area contributed by atoms with E-state index in [0.717, 1.165) is 10.8 Å². The second-order valence-corrected chi connectivity index (χ2v) is 4.75. The minimum Gasteiger partial charge on any atom is -0.476 e. The summed E-state index contributed by atoms with van der Waals surface area (Å²) >= 11 is 1.36. The molecule has 1 N–H and O–H groups in total. The molecule has 1 aliphatic rings. The van der Waals surface area contributed by atoms with Gasteiger partial charge in [-0.05, 0) is 6.92 Å². The van der Waals surface area contributed by atoms with Crippen LogP contribution in [0.3, 0.4) is 0 Å². The van der Waals surface area contributed by atoms with Crippen molar-refractivity contribution >= 4 is 11.8 Å². The van der Waals surface area contributed by atoms with E-state index in [-0.39, 0.29) is 19.1 Å². The van der Waals surface area contributed by atoms with E-state index in [1.165, 1.54) is 11.8 Å². The summed E-state index contributed by atoms with van der Waals surface area (Å²) in [5, 5.41) is 8.93. The molecule has 2 atom stereocenters. The summed E-state index contributed by atoms with van der Waals surface area (Å²) in [6.07, 6.45) is 0.406. The Morgan fingerprint density at radius 3 is 3.17 bits per heavy atom. The lowest BCUT2D eigenvalue weighted by molar-refractivity contribution is -0.00708. The third-order valence-electron chi connectivity index (χ3n) is 2.35. The summed E-state index contributed by atoms with van der Waals surface area (Å²) < 4.78 is 24.9. The lowest BCUT2D eigenvalue weighted by Crippen LogP contribution is -2.29. The Morgan fingerprint density at radius 2 is 2.56 bits per heavy atom. The third kappa shape index (κ3) is 2.65. The van der Waals surface area contributed by atoms with Crippen molar-refractivity contribution in [2.24, 2.45) is 0 Å². The van der Waals surface area contributed by atoms with Crippen LogP contribution in [0.25, 0.3) is 0 Å². The predicted octanol–water partition coefficient (Wildman–Crippen LogP) is 0.361. The molecule has 0 radical (unpaired) electrons. The van der Waals surface area contributed by atoms with E-state index in [1.54, 1.807) is 6.92 Å². The van der Waals surface area contributed by atoms with Gasteiger partial charge < -0.3 is 14.6 Å². The van der Waals surface area contributed by atoms with Crippen LogP contribution in [0, 0.1) is 5.82 Å². The van der Waals surface area contributed by atoms with Crippen LogP contribution in [0.1, 0.15) is 13.2 Å². The second-order valence-electron chi connectivity index (χ2n) is 3.55. The predicted molar refractivity (Wildman–Crippen MR) is 63.1 cm³/mol. The highest BCUT2D eigenvalue weighted by Gasteiger charge is 2.28. The Balaban J connectivity index is 2.24. The highest BCUT2D eigenvalue weighted by molar-refractivity contribution is 8.00. The molecule has 18 heavy (non-hydrogen) atoms. The standard InChI is InChI=1S/C10H13FN2O4S/c1-2-16-9-6(11)3-13(10(15)12-9)7-5-18-8(4-14)17-7/h3,7-8,14H,2,4-5H2,1H3/t7-,8+/m1/s1. The Hall–Kier alpha value is -1.12. The molecule has 1 aliphatic heterocycles. The van der Waals surface area contributed by atoms with Gasteiger partial charge in [0.2, 0.25) is 5.82 Å². The van der Waals surface area contributed by atoms with Gasteiger partial charge in [-0.2, -0.15) is 9.37 Å². The normalized spacial score (nSPS) is 23.3. The molecular formula is C10H13FN2O4S. The zero-order valence-electron chi connectivity index (χ0n) is 9.71. The fourth-order valence-corrected chi connectivity index (χ4v) is 2.49. The van der Waals surface area contributed by atoms with Gasteiger partial charge >= 0.3 is 5.69 Å². The van der Waals surface area contributed by atoms with Crippen LogP contribution in [0.2, 0.25) is 0 Å². The maximum absolute atomic E-state index is 13.6. The number of aliphatic hydroxyl groups excluding tert-OH is 1. The molecule has 1 aromatic rings. The van der Waals surface area contributed by atoms with Crippen LogP contribution >= 0.6 is 11.8 Å². The molecule has 1 aromatic heterocycles. The summed E-state index contributed by atoms with van der Waals surface area (Å²) in [6.45, 7) is 1.76. The smallest absolute Gasteiger partial charge is 0.353 e. The van der Waals surface area contributed by atoms with Crippen molar-refractivity contribution in [1.29, 1.82) is 0 Å². The topological polar surface area (TPSA) is 73.6 Å². The number of thioether (sulfide) groups is 1. The summed E-state index contributed by atoms with van der Waals surface area (Å²) in [5.74, 6) is -0.555.